The average Bonchev–Trinajstić information content (AvgIpc) is 2.00. The molecule has 2 nitrogen and oxygen atoms in total. The van der Waals surface area contributed by atoms with E-state index in [-0.39, 0.29) is 5.41 Å². The number of hydrogen-bond donors (Lipinski definition) is 2. The first-order valence-corrected chi connectivity index (χ1v) is 5.07. The summed E-state index contributed by atoms with van der Waals surface area (Å²) in [6.07, 6.45) is 1.42. The van der Waals surface area contributed by atoms with Crippen LogP contribution in [-0.4, -0.2) is 21.4 Å². The molecule has 0 saturated heterocycles. The molecule has 0 radical (unpaired) electrons. The van der Waals surface area contributed by atoms with Crippen LogP contribution in [0.2, 0.25) is 0 Å². The molecule has 0 aliphatic heterocycles. The molecule has 1 atom stereocenters. The van der Waals surface area contributed by atoms with Crippen molar-refractivity contribution in [2.75, 3.05) is 0 Å². The lowest BCUT2D eigenvalue weighted by Gasteiger charge is -2.49. The third-order valence-corrected chi connectivity index (χ3v) is 3.53. The van der Waals surface area contributed by atoms with Crippen LogP contribution in [0.15, 0.2) is 0 Å². The molecule has 0 spiro atoms. The monoisotopic (exact) mass is 188 g/mol. The molecule has 0 aliphatic carbocycles. The maximum atomic E-state index is 10.4. The summed E-state index contributed by atoms with van der Waals surface area (Å²) in [7, 11) is 0. The highest BCUT2D eigenvalue weighted by molar-refractivity contribution is 5.02. The van der Waals surface area contributed by atoms with E-state index in [0.29, 0.717) is 6.42 Å². The van der Waals surface area contributed by atoms with Gasteiger partial charge < -0.3 is 10.2 Å². The van der Waals surface area contributed by atoms with Crippen molar-refractivity contribution in [1.82, 2.24) is 0 Å². The summed E-state index contributed by atoms with van der Waals surface area (Å²) in [5.74, 6) is 0. The van der Waals surface area contributed by atoms with Crippen LogP contribution in [0.3, 0.4) is 0 Å². The third-order valence-electron chi connectivity index (χ3n) is 3.53. The minimum absolute atomic E-state index is 0.264. The molecule has 2 N–H and O–H groups in total. The van der Waals surface area contributed by atoms with Crippen LogP contribution >= 0.6 is 0 Å². The van der Waals surface area contributed by atoms with Crippen molar-refractivity contribution in [2.24, 2.45) is 5.41 Å². The van der Waals surface area contributed by atoms with E-state index in [2.05, 4.69) is 0 Å². The minimum atomic E-state index is -1.05. The van der Waals surface area contributed by atoms with Gasteiger partial charge in [-0.1, -0.05) is 27.7 Å². The fourth-order valence-corrected chi connectivity index (χ4v) is 2.03. The Morgan fingerprint density at radius 3 is 1.31 bits per heavy atom. The molecule has 0 aromatic rings. The highest BCUT2D eigenvalue weighted by Gasteiger charge is 2.50. The van der Waals surface area contributed by atoms with Crippen LogP contribution in [0.5, 0.6) is 0 Å². The quantitative estimate of drug-likeness (QED) is 0.711. The van der Waals surface area contributed by atoms with Gasteiger partial charge in [-0.25, -0.2) is 0 Å². The van der Waals surface area contributed by atoms with Gasteiger partial charge in [-0.05, 0) is 32.1 Å². The van der Waals surface area contributed by atoms with Crippen molar-refractivity contribution in [2.45, 2.75) is 65.6 Å². The Bertz CT molecular complexity index is 167. The van der Waals surface area contributed by atoms with Crippen molar-refractivity contribution in [1.29, 1.82) is 0 Å². The molecule has 2 heteroatoms. The van der Waals surface area contributed by atoms with Gasteiger partial charge in [-0.3, -0.25) is 0 Å². The van der Waals surface area contributed by atoms with E-state index < -0.39 is 11.2 Å². The Morgan fingerprint density at radius 1 is 0.846 bits per heavy atom. The van der Waals surface area contributed by atoms with Gasteiger partial charge in [0.15, 0.2) is 0 Å². The molecule has 0 saturated carbocycles. The zero-order chi connectivity index (χ0) is 10.9. The predicted molar refractivity (Wildman–Crippen MR) is 55.6 cm³/mol. The zero-order valence-electron chi connectivity index (χ0n) is 9.81. The van der Waals surface area contributed by atoms with Crippen molar-refractivity contribution in [3.8, 4) is 0 Å². The molecule has 0 amide bonds. The number of aliphatic hydroxyl groups is 2. The first-order valence-electron chi connectivity index (χ1n) is 5.07. The number of rotatable bonds is 4. The standard InChI is InChI=1S/C11H24O2/c1-7-9(3,4)11(13,8-2)10(5,6)12/h12-13H,7-8H2,1-6H3. The molecular weight excluding hydrogens is 164 g/mol. The Labute approximate surface area is 82.0 Å². The normalized spacial score (nSPS) is 18.5. The van der Waals surface area contributed by atoms with Gasteiger partial charge in [-0.2, -0.15) is 0 Å². The second-order valence-corrected chi connectivity index (χ2v) is 5.01. The maximum Gasteiger partial charge on any atom is 0.0975 e. The van der Waals surface area contributed by atoms with Gasteiger partial charge in [0.25, 0.3) is 0 Å². The van der Waals surface area contributed by atoms with Crippen LogP contribution in [0, 0.1) is 5.41 Å². The fraction of sp³-hybridized carbons (Fsp3) is 1.00. The van der Waals surface area contributed by atoms with Crippen LogP contribution < -0.4 is 0 Å². The van der Waals surface area contributed by atoms with E-state index >= 15 is 0 Å². The molecule has 1 unspecified atom stereocenters. The molecular formula is C11H24O2. The van der Waals surface area contributed by atoms with E-state index in [9.17, 15) is 10.2 Å². The summed E-state index contributed by atoms with van der Waals surface area (Å²) in [5, 5.41) is 20.4. The van der Waals surface area contributed by atoms with Crippen LogP contribution in [0.1, 0.15) is 54.4 Å². The van der Waals surface area contributed by atoms with Gasteiger partial charge >= 0.3 is 0 Å². The van der Waals surface area contributed by atoms with E-state index in [1.165, 1.54) is 0 Å². The topological polar surface area (TPSA) is 40.5 Å². The molecule has 0 bridgehead atoms. The minimum Gasteiger partial charge on any atom is -0.387 e. The van der Waals surface area contributed by atoms with E-state index in [4.69, 9.17) is 0 Å². The summed E-state index contributed by atoms with van der Waals surface area (Å²) in [6, 6.07) is 0. The Kier molecular flexibility index (Phi) is 3.56. The van der Waals surface area contributed by atoms with E-state index in [1.54, 1.807) is 13.8 Å². The largest absolute Gasteiger partial charge is 0.387 e. The molecule has 0 rings (SSSR count). The Hall–Kier alpha value is -0.0800. The second-order valence-electron chi connectivity index (χ2n) is 5.01. The van der Waals surface area contributed by atoms with Gasteiger partial charge in [-0.15, -0.1) is 0 Å². The fourth-order valence-electron chi connectivity index (χ4n) is 2.03. The third kappa shape index (κ3) is 2.05. The lowest BCUT2D eigenvalue weighted by molar-refractivity contribution is -0.194. The van der Waals surface area contributed by atoms with E-state index in [1.807, 2.05) is 27.7 Å². The summed E-state index contributed by atoms with van der Waals surface area (Å²) in [5.41, 5.74) is -2.34. The maximum absolute atomic E-state index is 10.4. The SMILES string of the molecule is CCC(C)(C)C(O)(CC)C(C)(C)O. The molecule has 0 heterocycles. The molecule has 0 fully saturated rings. The van der Waals surface area contributed by atoms with Crippen molar-refractivity contribution >= 4 is 0 Å². The van der Waals surface area contributed by atoms with Crippen molar-refractivity contribution < 1.29 is 10.2 Å². The lowest BCUT2D eigenvalue weighted by Crippen LogP contribution is -2.58. The highest BCUT2D eigenvalue weighted by atomic mass is 16.4. The van der Waals surface area contributed by atoms with Crippen LogP contribution in [0.25, 0.3) is 0 Å². The van der Waals surface area contributed by atoms with Crippen LogP contribution in [0.4, 0.5) is 0 Å². The molecule has 0 aromatic carbocycles. The molecule has 13 heavy (non-hydrogen) atoms. The van der Waals surface area contributed by atoms with Crippen molar-refractivity contribution in [3.63, 3.8) is 0 Å². The zero-order valence-corrected chi connectivity index (χ0v) is 9.81. The first-order chi connectivity index (χ1) is 5.62. The molecule has 0 aliphatic rings. The average molecular weight is 188 g/mol. The Balaban J connectivity index is 5.06. The second kappa shape index (κ2) is 3.58. The van der Waals surface area contributed by atoms with Gasteiger partial charge in [0.05, 0.1) is 11.2 Å². The van der Waals surface area contributed by atoms with E-state index in [0.717, 1.165) is 6.42 Å². The molecule has 80 valence electrons. The Morgan fingerprint density at radius 2 is 1.23 bits per heavy atom. The lowest BCUT2D eigenvalue weighted by atomic mass is 9.64. The highest BCUT2D eigenvalue weighted by Crippen LogP contribution is 2.43. The molecule has 0 aromatic heterocycles. The van der Waals surface area contributed by atoms with Crippen molar-refractivity contribution in [3.05, 3.63) is 0 Å². The summed E-state index contributed by atoms with van der Waals surface area (Å²) in [6.45, 7) is 11.3. The first kappa shape index (κ1) is 12.9. The van der Waals surface area contributed by atoms with Gasteiger partial charge in [0.2, 0.25) is 0 Å². The van der Waals surface area contributed by atoms with Gasteiger partial charge in [0.1, 0.15) is 0 Å². The predicted octanol–water partition coefficient (Wildman–Crippen LogP) is 2.33. The van der Waals surface area contributed by atoms with Crippen LogP contribution in [-0.2, 0) is 0 Å². The summed E-state index contributed by atoms with van der Waals surface area (Å²) in [4.78, 5) is 0. The van der Waals surface area contributed by atoms with Gasteiger partial charge in [0, 0.05) is 0 Å². The number of hydrogen-bond acceptors (Lipinski definition) is 2. The summed E-state index contributed by atoms with van der Waals surface area (Å²) < 4.78 is 0. The summed E-state index contributed by atoms with van der Waals surface area (Å²) >= 11 is 0. The smallest absolute Gasteiger partial charge is 0.0975 e.